The molecule has 2 rings (SSSR count). The van der Waals surface area contributed by atoms with Gasteiger partial charge < -0.3 is 10.4 Å². The number of benzene rings is 1. The molecule has 1 saturated heterocycles. The molecule has 4 heteroatoms. The average Bonchev–Trinajstić information content (AvgIpc) is 2.35. The van der Waals surface area contributed by atoms with Gasteiger partial charge in [-0.15, -0.1) is 0 Å². The maximum Gasteiger partial charge on any atom is 0.0734 e. The van der Waals surface area contributed by atoms with Crippen molar-refractivity contribution < 1.29 is 5.11 Å². The fraction of sp³-hybridized carbons (Fsp3) is 0.538. The normalized spacial score (nSPS) is 22.4. The van der Waals surface area contributed by atoms with E-state index in [2.05, 4.69) is 5.32 Å². The zero-order valence-corrected chi connectivity index (χ0v) is 11.1. The molecule has 2 unspecified atom stereocenters. The van der Waals surface area contributed by atoms with Gasteiger partial charge in [-0.2, -0.15) is 0 Å². The predicted molar refractivity (Wildman–Crippen MR) is 71.8 cm³/mol. The molecule has 1 aromatic carbocycles. The number of nitrogens with one attached hydrogen (secondary N) is 1. The Morgan fingerprint density at radius 1 is 1.29 bits per heavy atom. The molecule has 2 nitrogen and oxygen atoms in total. The lowest BCUT2D eigenvalue weighted by Gasteiger charge is -2.28. The lowest BCUT2D eigenvalue weighted by molar-refractivity contribution is 0.113. The van der Waals surface area contributed by atoms with Gasteiger partial charge in [0.25, 0.3) is 0 Å². The van der Waals surface area contributed by atoms with E-state index in [1.807, 2.05) is 18.2 Å². The molecular weight excluding hydrogens is 257 g/mol. The highest BCUT2D eigenvalue weighted by Gasteiger charge is 2.22. The maximum absolute atomic E-state index is 10.2. The Labute approximate surface area is 112 Å². The van der Waals surface area contributed by atoms with Crippen molar-refractivity contribution >= 4 is 23.2 Å². The number of halogens is 2. The first-order chi connectivity index (χ1) is 8.18. The van der Waals surface area contributed by atoms with Gasteiger partial charge in [0.1, 0.15) is 0 Å². The van der Waals surface area contributed by atoms with Crippen LogP contribution in [-0.4, -0.2) is 23.8 Å². The molecule has 2 atom stereocenters. The van der Waals surface area contributed by atoms with Crippen LogP contribution < -0.4 is 5.32 Å². The molecule has 0 aromatic heterocycles. The van der Waals surface area contributed by atoms with E-state index in [9.17, 15) is 5.11 Å². The molecule has 1 heterocycles. The topological polar surface area (TPSA) is 32.3 Å². The second-order valence-electron chi connectivity index (χ2n) is 4.53. The van der Waals surface area contributed by atoms with Gasteiger partial charge in [-0.1, -0.05) is 35.7 Å². The molecule has 0 radical (unpaired) electrons. The molecule has 0 amide bonds. The van der Waals surface area contributed by atoms with Gasteiger partial charge in [-0.3, -0.25) is 0 Å². The van der Waals surface area contributed by atoms with Crippen molar-refractivity contribution in [2.75, 3.05) is 6.54 Å². The lowest BCUT2D eigenvalue weighted by atomic mass is 9.95. The van der Waals surface area contributed by atoms with E-state index in [4.69, 9.17) is 23.2 Å². The highest BCUT2D eigenvalue weighted by molar-refractivity contribution is 6.35. The highest BCUT2D eigenvalue weighted by Crippen LogP contribution is 2.26. The van der Waals surface area contributed by atoms with E-state index in [-0.39, 0.29) is 6.04 Å². The Hall–Kier alpha value is -0.280. The van der Waals surface area contributed by atoms with E-state index in [0.717, 1.165) is 18.5 Å². The Morgan fingerprint density at radius 2 is 2.00 bits per heavy atom. The van der Waals surface area contributed by atoms with E-state index in [1.165, 1.54) is 12.8 Å². The Morgan fingerprint density at radius 3 is 2.59 bits per heavy atom. The van der Waals surface area contributed by atoms with Crippen molar-refractivity contribution in [1.29, 1.82) is 0 Å². The summed E-state index contributed by atoms with van der Waals surface area (Å²) in [5, 5.41) is 14.8. The zero-order valence-electron chi connectivity index (χ0n) is 9.63. The van der Waals surface area contributed by atoms with Crippen LogP contribution in [0.15, 0.2) is 18.2 Å². The highest BCUT2D eigenvalue weighted by atomic mass is 35.5. The van der Waals surface area contributed by atoms with Gasteiger partial charge >= 0.3 is 0 Å². The Bertz CT molecular complexity index is 357. The first-order valence-electron chi connectivity index (χ1n) is 6.03. The summed E-state index contributed by atoms with van der Waals surface area (Å²) in [5.41, 5.74) is 0.843. The lowest BCUT2D eigenvalue weighted by Crippen LogP contribution is -2.44. The second-order valence-corrected chi connectivity index (χ2v) is 5.34. The molecule has 2 N–H and O–H groups in total. The molecule has 1 fully saturated rings. The van der Waals surface area contributed by atoms with Gasteiger partial charge in [-0.05, 0) is 37.1 Å². The molecule has 94 valence electrons. The third kappa shape index (κ3) is 3.35. The van der Waals surface area contributed by atoms with Gasteiger partial charge in [0.2, 0.25) is 0 Å². The van der Waals surface area contributed by atoms with E-state index >= 15 is 0 Å². The minimum Gasteiger partial charge on any atom is -0.391 e. The van der Waals surface area contributed by atoms with Gasteiger partial charge in [0.15, 0.2) is 0 Å². The molecule has 0 bridgehead atoms. The van der Waals surface area contributed by atoms with Crippen molar-refractivity contribution in [2.45, 2.75) is 37.8 Å². The molecule has 17 heavy (non-hydrogen) atoms. The number of hydrogen-bond donors (Lipinski definition) is 2. The van der Waals surface area contributed by atoms with Crippen LogP contribution in [0.25, 0.3) is 0 Å². The number of aliphatic hydroxyl groups is 1. The monoisotopic (exact) mass is 273 g/mol. The van der Waals surface area contributed by atoms with E-state index in [1.54, 1.807) is 0 Å². The average molecular weight is 274 g/mol. The minimum absolute atomic E-state index is 0.163. The number of hydrogen-bond acceptors (Lipinski definition) is 2. The van der Waals surface area contributed by atoms with Crippen LogP contribution in [0.4, 0.5) is 0 Å². The molecule has 0 aliphatic carbocycles. The first-order valence-corrected chi connectivity index (χ1v) is 6.78. The molecule has 0 spiro atoms. The van der Waals surface area contributed by atoms with Crippen LogP contribution >= 0.6 is 23.2 Å². The standard InChI is InChI=1S/C13H17Cl2NO/c14-10-4-3-5-11(15)9(10)8-13(17)12-6-1-2-7-16-12/h3-5,12-13,16-17H,1-2,6-8H2. The van der Waals surface area contributed by atoms with Crippen LogP contribution in [-0.2, 0) is 6.42 Å². The van der Waals surface area contributed by atoms with Crippen molar-refractivity contribution in [3.8, 4) is 0 Å². The summed E-state index contributed by atoms with van der Waals surface area (Å²) >= 11 is 12.2. The summed E-state index contributed by atoms with van der Waals surface area (Å²) in [7, 11) is 0. The summed E-state index contributed by atoms with van der Waals surface area (Å²) in [5.74, 6) is 0. The van der Waals surface area contributed by atoms with Crippen molar-refractivity contribution in [3.63, 3.8) is 0 Å². The number of aliphatic hydroxyl groups excluding tert-OH is 1. The summed E-state index contributed by atoms with van der Waals surface area (Å²) < 4.78 is 0. The van der Waals surface area contributed by atoms with Crippen molar-refractivity contribution in [1.82, 2.24) is 5.32 Å². The van der Waals surface area contributed by atoms with E-state index in [0.29, 0.717) is 16.5 Å². The first kappa shape index (κ1) is 13.2. The van der Waals surface area contributed by atoms with Crippen LogP contribution in [0.3, 0.4) is 0 Å². The van der Waals surface area contributed by atoms with Gasteiger partial charge in [-0.25, -0.2) is 0 Å². The summed E-state index contributed by atoms with van der Waals surface area (Å²) in [6.07, 6.45) is 3.47. The minimum atomic E-state index is -0.423. The van der Waals surface area contributed by atoms with Gasteiger partial charge in [0, 0.05) is 22.5 Å². The number of piperidine rings is 1. The largest absolute Gasteiger partial charge is 0.391 e. The second kappa shape index (κ2) is 6.05. The van der Waals surface area contributed by atoms with Crippen LogP contribution in [0.5, 0.6) is 0 Å². The fourth-order valence-corrected chi connectivity index (χ4v) is 2.84. The molecule has 1 aliphatic heterocycles. The van der Waals surface area contributed by atoms with Gasteiger partial charge in [0.05, 0.1) is 6.10 Å². The zero-order chi connectivity index (χ0) is 12.3. The summed E-state index contributed by atoms with van der Waals surface area (Å²) in [6.45, 7) is 0.984. The summed E-state index contributed by atoms with van der Waals surface area (Å²) in [4.78, 5) is 0. The smallest absolute Gasteiger partial charge is 0.0734 e. The van der Waals surface area contributed by atoms with Crippen molar-refractivity contribution in [3.05, 3.63) is 33.8 Å². The third-order valence-electron chi connectivity index (χ3n) is 3.29. The third-order valence-corrected chi connectivity index (χ3v) is 4.00. The van der Waals surface area contributed by atoms with Crippen molar-refractivity contribution in [2.24, 2.45) is 0 Å². The Kier molecular flexibility index (Phi) is 4.69. The Balaban J connectivity index is 2.04. The van der Waals surface area contributed by atoms with Crippen LogP contribution in [0.2, 0.25) is 10.0 Å². The molecule has 0 saturated carbocycles. The molecule has 1 aliphatic rings. The van der Waals surface area contributed by atoms with Crippen LogP contribution in [0, 0.1) is 0 Å². The summed E-state index contributed by atoms with van der Waals surface area (Å²) in [6, 6.07) is 5.60. The SMILES string of the molecule is OC(Cc1c(Cl)cccc1Cl)C1CCCCN1. The fourth-order valence-electron chi connectivity index (χ4n) is 2.29. The predicted octanol–water partition coefficient (Wildman–Crippen LogP) is 3.04. The molecular formula is C13H17Cl2NO. The van der Waals surface area contributed by atoms with Crippen LogP contribution in [0.1, 0.15) is 24.8 Å². The molecule has 1 aromatic rings. The quantitative estimate of drug-likeness (QED) is 0.888. The van der Waals surface area contributed by atoms with E-state index < -0.39 is 6.10 Å². The maximum atomic E-state index is 10.2. The number of rotatable bonds is 3.